The number of hydrogen-bond acceptors (Lipinski definition) is 6. The van der Waals surface area contributed by atoms with Crippen LogP contribution in [0.25, 0.3) is 6.08 Å². The number of phenolic OH excluding ortho intramolecular Hbond substituents is 1. The lowest BCUT2D eigenvalue weighted by Gasteiger charge is -2.18. The molecule has 6 N–H and O–H groups in total. The second kappa shape index (κ2) is 6.73. The molecule has 0 aliphatic rings. The van der Waals surface area contributed by atoms with Gasteiger partial charge in [-0.3, -0.25) is 4.79 Å². The van der Waals surface area contributed by atoms with Crippen LogP contribution in [0.4, 0.5) is 0 Å². The van der Waals surface area contributed by atoms with E-state index >= 15 is 0 Å². The summed E-state index contributed by atoms with van der Waals surface area (Å²) in [7, 11) is 1.25. The number of aliphatic hydroxyl groups excluding tert-OH is 2. The molecule has 0 saturated heterocycles. The van der Waals surface area contributed by atoms with Crippen LogP contribution in [0.3, 0.4) is 0 Å². The number of aliphatic carboxylic acids is 1. The molecule has 8 nitrogen and oxygen atoms in total. The number of rotatable bonds is 6. The van der Waals surface area contributed by atoms with Crippen LogP contribution in [0.1, 0.15) is 17.2 Å². The molecule has 0 fully saturated rings. The van der Waals surface area contributed by atoms with Crippen molar-refractivity contribution in [3.63, 3.8) is 0 Å². The second-order valence-electron chi connectivity index (χ2n) is 4.12. The number of nitrogens with two attached hydrogens (primary N) is 1. The van der Waals surface area contributed by atoms with Crippen LogP contribution in [-0.2, 0) is 9.59 Å². The highest BCUT2D eigenvalue weighted by Gasteiger charge is 2.27. The molecule has 0 aliphatic heterocycles. The van der Waals surface area contributed by atoms with Gasteiger partial charge < -0.3 is 30.9 Å². The van der Waals surface area contributed by atoms with Crippen molar-refractivity contribution in [1.82, 2.24) is 0 Å². The number of phenols is 1. The predicted molar refractivity (Wildman–Crippen MR) is 71.5 cm³/mol. The summed E-state index contributed by atoms with van der Waals surface area (Å²) < 4.78 is 4.88. The van der Waals surface area contributed by atoms with Crippen LogP contribution in [0, 0.1) is 0 Å². The molecule has 8 heteroatoms. The fourth-order valence-corrected chi connectivity index (χ4v) is 1.62. The third kappa shape index (κ3) is 3.94. The summed E-state index contributed by atoms with van der Waals surface area (Å²) in [5.74, 6) is -2.92. The van der Waals surface area contributed by atoms with Gasteiger partial charge in [0.05, 0.1) is 7.11 Å². The molecule has 0 aliphatic carbocycles. The first-order valence-corrected chi connectivity index (χ1v) is 5.75. The third-order valence-electron chi connectivity index (χ3n) is 2.67. The van der Waals surface area contributed by atoms with Crippen molar-refractivity contribution in [3.8, 4) is 11.5 Å². The van der Waals surface area contributed by atoms with Gasteiger partial charge in [-0.15, -0.1) is 0 Å². The number of aliphatic hydroxyl groups is 2. The van der Waals surface area contributed by atoms with Gasteiger partial charge in [0.1, 0.15) is 6.10 Å². The Labute approximate surface area is 119 Å². The first-order chi connectivity index (χ1) is 9.77. The van der Waals surface area contributed by atoms with Crippen molar-refractivity contribution in [2.45, 2.75) is 12.2 Å². The van der Waals surface area contributed by atoms with Crippen LogP contribution < -0.4 is 10.5 Å². The topological polar surface area (TPSA) is 150 Å². The first kappa shape index (κ1) is 16.5. The largest absolute Gasteiger partial charge is 0.504 e. The first-order valence-electron chi connectivity index (χ1n) is 5.75. The third-order valence-corrected chi connectivity index (χ3v) is 2.67. The van der Waals surface area contributed by atoms with Crippen molar-refractivity contribution in [3.05, 3.63) is 29.3 Å². The number of carboxylic acid groups (broad SMARTS) is 1. The second-order valence-corrected chi connectivity index (χ2v) is 4.12. The van der Waals surface area contributed by atoms with Gasteiger partial charge in [0.2, 0.25) is 5.91 Å². The van der Waals surface area contributed by atoms with Gasteiger partial charge in [-0.05, 0) is 23.8 Å². The van der Waals surface area contributed by atoms with E-state index < -0.39 is 29.8 Å². The number of amides is 1. The van der Waals surface area contributed by atoms with Crippen molar-refractivity contribution in [2.24, 2.45) is 5.73 Å². The van der Waals surface area contributed by atoms with Gasteiger partial charge in [0, 0.05) is 11.6 Å². The quantitative estimate of drug-likeness (QED) is 0.439. The van der Waals surface area contributed by atoms with Crippen LogP contribution >= 0.6 is 0 Å². The summed E-state index contributed by atoms with van der Waals surface area (Å²) >= 11 is 0. The van der Waals surface area contributed by atoms with E-state index in [-0.39, 0.29) is 16.9 Å². The van der Waals surface area contributed by atoms with Crippen molar-refractivity contribution in [1.29, 1.82) is 0 Å². The SMILES string of the molecule is COc1cc(C=CC(=O)O)cc(C(O)C(O)C(N)=O)c1O. The van der Waals surface area contributed by atoms with Crippen molar-refractivity contribution < 1.29 is 34.8 Å². The van der Waals surface area contributed by atoms with Crippen LogP contribution in [0.2, 0.25) is 0 Å². The zero-order valence-electron chi connectivity index (χ0n) is 11.1. The molecule has 0 spiro atoms. The Hall–Kier alpha value is -2.58. The Morgan fingerprint density at radius 3 is 2.43 bits per heavy atom. The molecule has 1 aromatic carbocycles. The molecule has 1 amide bonds. The van der Waals surface area contributed by atoms with E-state index in [4.69, 9.17) is 15.6 Å². The Balaban J connectivity index is 3.32. The number of aromatic hydroxyl groups is 1. The van der Waals surface area contributed by atoms with Gasteiger partial charge in [0.15, 0.2) is 17.6 Å². The summed E-state index contributed by atoms with van der Waals surface area (Å²) in [4.78, 5) is 21.4. The smallest absolute Gasteiger partial charge is 0.328 e. The van der Waals surface area contributed by atoms with Crippen LogP contribution in [-0.4, -0.2) is 45.5 Å². The van der Waals surface area contributed by atoms with Gasteiger partial charge in [-0.1, -0.05) is 0 Å². The average molecular weight is 297 g/mol. The van der Waals surface area contributed by atoms with Crippen LogP contribution in [0.15, 0.2) is 18.2 Å². The van der Waals surface area contributed by atoms with Crippen molar-refractivity contribution >= 4 is 18.0 Å². The van der Waals surface area contributed by atoms with Gasteiger partial charge in [-0.25, -0.2) is 4.79 Å². The number of carbonyl (C=O) groups is 2. The summed E-state index contributed by atoms with van der Waals surface area (Å²) in [6.07, 6.45) is -1.68. The predicted octanol–water partition coefficient (Wildman–Crippen LogP) is -0.622. The van der Waals surface area contributed by atoms with E-state index in [1.807, 2.05) is 0 Å². The molecule has 0 radical (unpaired) electrons. The summed E-state index contributed by atoms with van der Waals surface area (Å²) in [5, 5.41) is 37.8. The Morgan fingerprint density at radius 1 is 1.33 bits per heavy atom. The Bertz CT molecular complexity index is 582. The molecule has 1 rings (SSSR count). The zero-order valence-corrected chi connectivity index (χ0v) is 11.1. The van der Waals surface area contributed by atoms with E-state index in [1.165, 1.54) is 25.3 Å². The molecule has 0 saturated carbocycles. The molecule has 1 aromatic rings. The highest BCUT2D eigenvalue weighted by atomic mass is 16.5. The number of ether oxygens (including phenoxy) is 1. The fourth-order valence-electron chi connectivity index (χ4n) is 1.62. The fraction of sp³-hybridized carbons (Fsp3) is 0.231. The van der Waals surface area contributed by atoms with Crippen LogP contribution in [0.5, 0.6) is 11.5 Å². The van der Waals surface area contributed by atoms with E-state index in [0.717, 1.165) is 6.08 Å². The maximum atomic E-state index is 10.9. The zero-order chi connectivity index (χ0) is 16.2. The Morgan fingerprint density at radius 2 is 1.95 bits per heavy atom. The standard InChI is InChI=1S/C13H15NO7/c1-21-8-5-6(2-3-9(15)16)4-7(10(8)17)11(18)12(19)13(14)20/h2-5,11-12,17-19H,1H3,(H2,14,20)(H,15,16). The van der Waals surface area contributed by atoms with Crippen molar-refractivity contribution in [2.75, 3.05) is 7.11 Å². The maximum Gasteiger partial charge on any atom is 0.328 e. The normalized spacial score (nSPS) is 13.9. The van der Waals surface area contributed by atoms with Gasteiger partial charge in [0.25, 0.3) is 0 Å². The number of benzene rings is 1. The molecule has 0 bridgehead atoms. The minimum atomic E-state index is -1.93. The molecule has 2 atom stereocenters. The lowest BCUT2D eigenvalue weighted by atomic mass is 9.99. The summed E-state index contributed by atoms with van der Waals surface area (Å²) in [5.41, 5.74) is 4.94. The van der Waals surface area contributed by atoms with E-state index in [9.17, 15) is 24.9 Å². The molecule has 21 heavy (non-hydrogen) atoms. The summed E-state index contributed by atoms with van der Waals surface area (Å²) in [6, 6.07) is 2.52. The lowest BCUT2D eigenvalue weighted by molar-refractivity contribution is -0.132. The average Bonchev–Trinajstić information content (AvgIpc) is 2.44. The minimum absolute atomic E-state index is 0.0618. The molecular weight excluding hydrogens is 282 g/mol. The highest BCUT2D eigenvalue weighted by molar-refractivity contribution is 5.85. The number of methoxy groups -OCH3 is 1. The molecule has 0 heterocycles. The lowest BCUT2D eigenvalue weighted by Crippen LogP contribution is -2.33. The molecule has 0 aromatic heterocycles. The Kier molecular flexibility index (Phi) is 5.28. The number of carbonyl (C=O) groups excluding carboxylic acids is 1. The van der Waals surface area contributed by atoms with E-state index in [1.54, 1.807) is 0 Å². The van der Waals surface area contributed by atoms with E-state index in [2.05, 4.69) is 0 Å². The molecule has 114 valence electrons. The number of hydrogen-bond donors (Lipinski definition) is 5. The monoisotopic (exact) mass is 297 g/mol. The molecular formula is C13H15NO7. The summed E-state index contributed by atoms with van der Waals surface area (Å²) in [6.45, 7) is 0. The van der Waals surface area contributed by atoms with Gasteiger partial charge in [-0.2, -0.15) is 0 Å². The highest BCUT2D eigenvalue weighted by Crippen LogP contribution is 2.36. The molecule has 2 unspecified atom stereocenters. The van der Waals surface area contributed by atoms with Gasteiger partial charge >= 0.3 is 5.97 Å². The van der Waals surface area contributed by atoms with E-state index in [0.29, 0.717) is 0 Å². The minimum Gasteiger partial charge on any atom is -0.504 e. The number of carboxylic acids is 1. The maximum absolute atomic E-state index is 10.9. The number of primary amides is 1.